The number of benzene rings is 1. The maximum Gasteiger partial charge on any atom is 0.269 e. The van der Waals surface area contributed by atoms with Crippen molar-refractivity contribution in [2.45, 2.75) is 12.5 Å². The number of hydrogen-bond acceptors (Lipinski definition) is 5. The van der Waals surface area contributed by atoms with Crippen molar-refractivity contribution in [2.24, 2.45) is 5.73 Å². The first-order chi connectivity index (χ1) is 8.56. The van der Waals surface area contributed by atoms with E-state index in [1.807, 2.05) is 0 Å². The molecule has 1 aromatic carbocycles. The highest BCUT2D eigenvalue weighted by Gasteiger charge is 2.16. The van der Waals surface area contributed by atoms with Crippen LogP contribution in [0.3, 0.4) is 0 Å². The van der Waals surface area contributed by atoms with Crippen molar-refractivity contribution >= 4 is 5.69 Å². The molecule has 0 heterocycles. The summed E-state index contributed by atoms with van der Waals surface area (Å²) in [5.41, 5.74) is 5.59. The van der Waals surface area contributed by atoms with Gasteiger partial charge in [-0.15, -0.1) is 0 Å². The van der Waals surface area contributed by atoms with Gasteiger partial charge in [-0.1, -0.05) is 0 Å². The van der Waals surface area contributed by atoms with Gasteiger partial charge in [0.2, 0.25) is 0 Å². The summed E-state index contributed by atoms with van der Waals surface area (Å²) in [7, 11) is 0. The van der Waals surface area contributed by atoms with Crippen molar-refractivity contribution in [3.8, 4) is 6.07 Å². The first-order valence-electron chi connectivity index (χ1n) is 5.20. The van der Waals surface area contributed by atoms with E-state index in [-0.39, 0.29) is 30.9 Å². The summed E-state index contributed by atoms with van der Waals surface area (Å²) in [6.07, 6.45) is 0.278. The first-order valence-corrected chi connectivity index (χ1v) is 5.20. The molecule has 6 nitrogen and oxygen atoms in total. The molecule has 96 valence electrons. The van der Waals surface area contributed by atoms with Crippen LogP contribution in [0.4, 0.5) is 10.1 Å². The number of non-ortho nitro benzene ring substituents is 1. The van der Waals surface area contributed by atoms with Crippen molar-refractivity contribution in [1.82, 2.24) is 0 Å². The average Bonchev–Trinajstić information content (AvgIpc) is 2.34. The normalized spacial score (nSPS) is 11.8. The summed E-state index contributed by atoms with van der Waals surface area (Å²) in [6, 6.07) is 4.30. The van der Waals surface area contributed by atoms with Gasteiger partial charge in [0, 0.05) is 30.3 Å². The third-order valence-electron chi connectivity index (χ3n) is 2.33. The van der Waals surface area contributed by atoms with Gasteiger partial charge in [0.15, 0.2) is 0 Å². The van der Waals surface area contributed by atoms with Crippen LogP contribution < -0.4 is 5.73 Å². The Kier molecular flexibility index (Phi) is 5.17. The van der Waals surface area contributed by atoms with Gasteiger partial charge in [-0.3, -0.25) is 10.1 Å². The molecule has 0 aliphatic rings. The minimum Gasteiger partial charge on any atom is -0.366 e. The second-order valence-corrected chi connectivity index (χ2v) is 3.57. The minimum atomic E-state index is -0.705. The van der Waals surface area contributed by atoms with E-state index in [0.717, 1.165) is 18.2 Å². The highest BCUT2D eigenvalue weighted by atomic mass is 19.1. The Balaban J connectivity index is 2.72. The lowest BCUT2D eigenvalue weighted by Gasteiger charge is -2.12. The molecule has 18 heavy (non-hydrogen) atoms. The van der Waals surface area contributed by atoms with Gasteiger partial charge in [-0.2, -0.15) is 5.26 Å². The van der Waals surface area contributed by atoms with Crippen LogP contribution in [0.2, 0.25) is 0 Å². The van der Waals surface area contributed by atoms with Gasteiger partial charge in [0.1, 0.15) is 12.4 Å². The standard InChI is InChI=1S/C11H12FN3O3/c12-10-2-1-8(15(16)17)7-9(10)11(14)3-5-18-6-4-13/h1-2,7,11H,3,5-6,14H2. The van der Waals surface area contributed by atoms with Gasteiger partial charge < -0.3 is 10.5 Å². The van der Waals surface area contributed by atoms with Crippen molar-refractivity contribution in [3.05, 3.63) is 39.7 Å². The zero-order valence-electron chi connectivity index (χ0n) is 9.51. The summed E-state index contributed by atoms with van der Waals surface area (Å²) in [4.78, 5) is 9.96. The van der Waals surface area contributed by atoms with Gasteiger partial charge in [-0.25, -0.2) is 4.39 Å². The number of nitriles is 1. The summed E-state index contributed by atoms with van der Waals surface area (Å²) in [6.45, 7) is 0.126. The van der Waals surface area contributed by atoms with Gasteiger partial charge in [-0.05, 0) is 12.5 Å². The van der Waals surface area contributed by atoms with Crippen LogP contribution in [0.25, 0.3) is 0 Å². The van der Waals surface area contributed by atoms with E-state index in [1.165, 1.54) is 0 Å². The number of nitrogens with zero attached hydrogens (tertiary/aromatic N) is 2. The molecule has 1 rings (SSSR count). The van der Waals surface area contributed by atoms with Crippen molar-refractivity contribution in [2.75, 3.05) is 13.2 Å². The molecule has 0 saturated carbocycles. The second kappa shape index (κ2) is 6.64. The van der Waals surface area contributed by atoms with Crippen LogP contribution in [-0.4, -0.2) is 18.1 Å². The third kappa shape index (κ3) is 3.76. The molecule has 0 saturated heterocycles. The maximum atomic E-state index is 13.5. The van der Waals surface area contributed by atoms with Gasteiger partial charge in [0.05, 0.1) is 11.0 Å². The molecular weight excluding hydrogens is 241 g/mol. The molecule has 0 aromatic heterocycles. The minimum absolute atomic E-state index is 0.0653. The lowest BCUT2D eigenvalue weighted by molar-refractivity contribution is -0.385. The number of halogens is 1. The lowest BCUT2D eigenvalue weighted by Crippen LogP contribution is -2.15. The van der Waals surface area contributed by atoms with E-state index < -0.39 is 16.8 Å². The van der Waals surface area contributed by atoms with E-state index in [1.54, 1.807) is 6.07 Å². The van der Waals surface area contributed by atoms with Crippen molar-refractivity contribution in [1.29, 1.82) is 5.26 Å². The van der Waals surface area contributed by atoms with Crippen molar-refractivity contribution < 1.29 is 14.1 Å². The number of hydrogen-bond donors (Lipinski definition) is 1. The van der Waals surface area contributed by atoms with Crippen LogP contribution in [-0.2, 0) is 4.74 Å². The Hall–Kier alpha value is -2.04. The highest BCUT2D eigenvalue weighted by molar-refractivity contribution is 5.36. The van der Waals surface area contributed by atoms with E-state index in [4.69, 9.17) is 15.7 Å². The molecule has 1 aromatic rings. The molecule has 0 amide bonds. The Bertz CT molecular complexity index is 473. The number of nitro benzene ring substituents is 1. The zero-order valence-corrected chi connectivity index (χ0v) is 9.51. The SMILES string of the molecule is N#CCOCCC(N)c1cc([N+](=O)[O-])ccc1F. The highest BCUT2D eigenvalue weighted by Crippen LogP contribution is 2.23. The molecule has 7 heteroatoms. The summed E-state index contributed by atoms with van der Waals surface area (Å²) in [5, 5.41) is 18.8. The van der Waals surface area contributed by atoms with E-state index >= 15 is 0 Å². The summed E-state index contributed by atoms with van der Waals surface area (Å²) in [5.74, 6) is -0.589. The first kappa shape index (κ1) is 14.0. The Morgan fingerprint density at radius 1 is 1.61 bits per heavy atom. The molecule has 0 aliphatic carbocycles. The van der Waals surface area contributed by atoms with E-state index in [2.05, 4.69) is 0 Å². The molecule has 1 unspecified atom stereocenters. The van der Waals surface area contributed by atoms with E-state index in [0.29, 0.717) is 0 Å². The van der Waals surface area contributed by atoms with Crippen LogP contribution in [0.5, 0.6) is 0 Å². The zero-order chi connectivity index (χ0) is 13.5. The van der Waals surface area contributed by atoms with Crippen LogP contribution in [0, 0.1) is 27.3 Å². The molecule has 0 spiro atoms. The molecule has 0 fully saturated rings. The van der Waals surface area contributed by atoms with Gasteiger partial charge in [0.25, 0.3) is 5.69 Å². The average molecular weight is 253 g/mol. The van der Waals surface area contributed by atoms with Crippen LogP contribution in [0.1, 0.15) is 18.0 Å². The molecule has 0 aliphatic heterocycles. The smallest absolute Gasteiger partial charge is 0.269 e. The lowest BCUT2D eigenvalue weighted by atomic mass is 10.0. The summed E-state index contributed by atoms with van der Waals surface area (Å²) >= 11 is 0. The maximum absolute atomic E-state index is 13.5. The topological polar surface area (TPSA) is 102 Å². The predicted octanol–water partition coefficient (Wildman–Crippen LogP) is 1.66. The van der Waals surface area contributed by atoms with Crippen LogP contribution >= 0.6 is 0 Å². The van der Waals surface area contributed by atoms with Gasteiger partial charge >= 0.3 is 0 Å². The molecular formula is C11H12FN3O3. The Morgan fingerprint density at radius 3 is 2.94 bits per heavy atom. The van der Waals surface area contributed by atoms with Crippen molar-refractivity contribution in [3.63, 3.8) is 0 Å². The monoisotopic (exact) mass is 253 g/mol. The number of nitrogens with two attached hydrogens (primary N) is 1. The fourth-order valence-electron chi connectivity index (χ4n) is 1.41. The number of rotatable bonds is 6. The molecule has 2 N–H and O–H groups in total. The van der Waals surface area contributed by atoms with E-state index in [9.17, 15) is 14.5 Å². The number of ether oxygens (including phenoxy) is 1. The third-order valence-corrected chi connectivity index (χ3v) is 2.33. The quantitative estimate of drug-likeness (QED) is 0.472. The second-order valence-electron chi connectivity index (χ2n) is 3.57. The Labute approximate surface area is 103 Å². The predicted molar refractivity (Wildman–Crippen MR) is 61.0 cm³/mol. The van der Waals surface area contributed by atoms with Crippen LogP contribution in [0.15, 0.2) is 18.2 Å². The summed E-state index contributed by atoms with van der Waals surface area (Å²) < 4.78 is 18.4. The largest absolute Gasteiger partial charge is 0.366 e. The fraction of sp³-hybridized carbons (Fsp3) is 0.364. The fourth-order valence-corrected chi connectivity index (χ4v) is 1.41. The molecule has 1 atom stereocenters. The number of nitro groups is 1. The molecule has 0 bridgehead atoms. The Morgan fingerprint density at radius 2 is 2.33 bits per heavy atom. The molecule has 0 radical (unpaired) electrons.